The number of pyridine rings is 1. The average Bonchev–Trinajstić information content (AvgIpc) is 2.63. The Morgan fingerprint density at radius 2 is 1.70 bits per heavy atom. The molecule has 2 rings (SSSR count). The molecule has 0 saturated heterocycles. The Hall–Kier alpha value is -3.29. The van der Waals surface area contributed by atoms with E-state index in [1.54, 1.807) is 45.0 Å². The van der Waals surface area contributed by atoms with Crippen LogP contribution in [-0.2, 0) is 4.74 Å². The lowest BCUT2D eigenvalue weighted by Crippen LogP contribution is -2.21. The molecule has 0 spiro atoms. The second-order valence-electron chi connectivity index (χ2n) is 5.62. The van der Waals surface area contributed by atoms with Crippen molar-refractivity contribution in [3.8, 4) is 11.5 Å². The van der Waals surface area contributed by atoms with Gasteiger partial charge in [0.1, 0.15) is 11.5 Å². The Morgan fingerprint density at radius 1 is 1.00 bits per heavy atom. The number of aryl methyl sites for hydroxylation is 2. The molecule has 0 aliphatic heterocycles. The highest BCUT2D eigenvalue weighted by Crippen LogP contribution is 2.29. The van der Waals surface area contributed by atoms with E-state index in [2.05, 4.69) is 15.6 Å². The van der Waals surface area contributed by atoms with Crippen LogP contribution >= 0.6 is 0 Å². The average molecular weight is 373 g/mol. The first-order valence-corrected chi connectivity index (χ1v) is 8.35. The number of anilines is 2. The van der Waals surface area contributed by atoms with E-state index >= 15 is 0 Å². The van der Waals surface area contributed by atoms with E-state index in [1.165, 1.54) is 14.2 Å². The third-order valence-corrected chi connectivity index (χ3v) is 3.80. The number of methoxy groups -OCH3 is 2. The molecule has 1 aromatic carbocycles. The van der Waals surface area contributed by atoms with Crippen LogP contribution in [0.25, 0.3) is 0 Å². The van der Waals surface area contributed by atoms with Crippen LogP contribution < -0.4 is 20.1 Å². The van der Waals surface area contributed by atoms with Crippen LogP contribution in [0.4, 0.5) is 16.2 Å². The van der Waals surface area contributed by atoms with E-state index in [0.717, 1.165) is 0 Å². The van der Waals surface area contributed by atoms with E-state index in [0.29, 0.717) is 39.8 Å². The first-order chi connectivity index (χ1) is 12.9. The predicted molar refractivity (Wildman–Crippen MR) is 102 cm³/mol. The summed E-state index contributed by atoms with van der Waals surface area (Å²) in [6, 6.07) is 6.10. The van der Waals surface area contributed by atoms with E-state index in [-0.39, 0.29) is 6.61 Å². The van der Waals surface area contributed by atoms with Crippen LogP contribution in [0.1, 0.15) is 28.7 Å². The van der Waals surface area contributed by atoms with E-state index < -0.39 is 12.0 Å². The Bertz CT molecular complexity index is 851. The van der Waals surface area contributed by atoms with Gasteiger partial charge < -0.3 is 24.8 Å². The van der Waals surface area contributed by atoms with Crippen LogP contribution in [0.2, 0.25) is 0 Å². The molecule has 8 nitrogen and oxygen atoms in total. The zero-order chi connectivity index (χ0) is 20.0. The first-order valence-electron chi connectivity index (χ1n) is 8.35. The van der Waals surface area contributed by atoms with Crippen molar-refractivity contribution in [2.75, 3.05) is 31.5 Å². The third kappa shape index (κ3) is 4.87. The Balaban J connectivity index is 2.23. The zero-order valence-electron chi connectivity index (χ0n) is 16.0. The van der Waals surface area contributed by atoms with Gasteiger partial charge in [-0.3, -0.25) is 4.98 Å². The van der Waals surface area contributed by atoms with E-state index in [1.807, 2.05) is 0 Å². The van der Waals surface area contributed by atoms with Gasteiger partial charge in [0, 0.05) is 6.07 Å². The molecule has 0 bridgehead atoms. The Labute approximate surface area is 157 Å². The number of nitrogens with one attached hydrogen (secondary N) is 2. The quantitative estimate of drug-likeness (QED) is 0.752. The van der Waals surface area contributed by atoms with Crippen LogP contribution in [0.3, 0.4) is 0 Å². The molecular weight excluding hydrogens is 350 g/mol. The molecule has 0 saturated carbocycles. The van der Waals surface area contributed by atoms with Crippen molar-refractivity contribution in [2.24, 2.45) is 0 Å². The van der Waals surface area contributed by atoms with Gasteiger partial charge in [0.15, 0.2) is 0 Å². The third-order valence-electron chi connectivity index (χ3n) is 3.80. The summed E-state index contributed by atoms with van der Waals surface area (Å²) in [5.74, 6) is 0.571. The van der Waals surface area contributed by atoms with Gasteiger partial charge in [-0.05, 0) is 39.0 Å². The number of esters is 1. The van der Waals surface area contributed by atoms with Crippen molar-refractivity contribution in [3.63, 3.8) is 0 Å². The summed E-state index contributed by atoms with van der Waals surface area (Å²) in [5.41, 5.74) is 2.26. The van der Waals surface area contributed by atoms with Crippen molar-refractivity contribution in [1.82, 2.24) is 4.98 Å². The second-order valence-corrected chi connectivity index (χ2v) is 5.62. The summed E-state index contributed by atoms with van der Waals surface area (Å²) in [7, 11) is 3.04. The maximum Gasteiger partial charge on any atom is 0.340 e. The number of ether oxygens (including phenoxy) is 3. The molecule has 0 aliphatic rings. The van der Waals surface area contributed by atoms with Gasteiger partial charge in [-0.1, -0.05) is 0 Å². The van der Waals surface area contributed by atoms with Crippen molar-refractivity contribution in [1.29, 1.82) is 0 Å². The number of aromatic nitrogens is 1. The number of benzene rings is 1. The fourth-order valence-electron chi connectivity index (χ4n) is 2.45. The van der Waals surface area contributed by atoms with Gasteiger partial charge in [0.2, 0.25) is 0 Å². The minimum Gasteiger partial charge on any atom is -0.497 e. The van der Waals surface area contributed by atoms with Crippen molar-refractivity contribution < 1.29 is 23.8 Å². The second kappa shape index (κ2) is 8.88. The minimum atomic E-state index is -0.509. The van der Waals surface area contributed by atoms with Crippen molar-refractivity contribution in [2.45, 2.75) is 20.8 Å². The highest BCUT2D eigenvalue weighted by molar-refractivity contribution is 6.02. The first kappa shape index (κ1) is 20.0. The largest absolute Gasteiger partial charge is 0.497 e. The summed E-state index contributed by atoms with van der Waals surface area (Å²) >= 11 is 0. The molecule has 1 heterocycles. The number of carbonyl (C=O) groups is 2. The standard InChI is InChI=1S/C19H23N3O5/c1-6-27-18(23)14-10-15(12(3)20-11(14)2)21-19(24)22-16-9-13(25-4)7-8-17(16)26-5/h7-10H,6H2,1-5H3,(H2,21,22,24). The topological polar surface area (TPSA) is 98.8 Å². The SMILES string of the molecule is CCOC(=O)c1cc(NC(=O)Nc2cc(OC)ccc2OC)c(C)nc1C. The molecule has 1 aromatic heterocycles. The smallest absolute Gasteiger partial charge is 0.340 e. The zero-order valence-corrected chi connectivity index (χ0v) is 16.0. The monoisotopic (exact) mass is 373 g/mol. The lowest BCUT2D eigenvalue weighted by Gasteiger charge is -2.14. The predicted octanol–water partition coefficient (Wildman–Crippen LogP) is 3.54. The minimum absolute atomic E-state index is 0.255. The van der Waals surface area contributed by atoms with Gasteiger partial charge in [-0.2, -0.15) is 0 Å². The van der Waals surface area contributed by atoms with Gasteiger partial charge in [-0.25, -0.2) is 9.59 Å². The van der Waals surface area contributed by atoms with Crippen LogP contribution in [-0.4, -0.2) is 37.8 Å². The van der Waals surface area contributed by atoms with Crippen LogP contribution in [0.15, 0.2) is 24.3 Å². The molecule has 144 valence electrons. The molecular formula is C19H23N3O5. The molecule has 0 atom stereocenters. The summed E-state index contributed by atoms with van der Waals surface area (Å²) in [6.07, 6.45) is 0. The number of carbonyl (C=O) groups excluding carboxylic acids is 2. The molecule has 2 amide bonds. The Morgan fingerprint density at radius 3 is 2.33 bits per heavy atom. The molecule has 2 N–H and O–H groups in total. The van der Waals surface area contributed by atoms with Gasteiger partial charge in [0.05, 0.1) is 49.2 Å². The number of hydrogen-bond donors (Lipinski definition) is 2. The number of hydrogen-bond acceptors (Lipinski definition) is 6. The molecule has 2 aromatic rings. The summed E-state index contributed by atoms with van der Waals surface area (Å²) in [6.45, 7) is 5.43. The number of nitrogens with zero attached hydrogens (tertiary/aromatic N) is 1. The van der Waals surface area contributed by atoms with Crippen LogP contribution in [0, 0.1) is 13.8 Å². The van der Waals surface area contributed by atoms with Crippen molar-refractivity contribution in [3.05, 3.63) is 41.2 Å². The Kier molecular flexibility index (Phi) is 6.59. The maximum absolute atomic E-state index is 12.4. The van der Waals surface area contributed by atoms with E-state index in [9.17, 15) is 9.59 Å². The summed E-state index contributed by atoms with van der Waals surface area (Å²) < 4.78 is 15.4. The summed E-state index contributed by atoms with van der Waals surface area (Å²) in [4.78, 5) is 28.8. The number of amides is 2. The molecule has 8 heteroatoms. The van der Waals surface area contributed by atoms with Gasteiger partial charge >= 0.3 is 12.0 Å². The van der Waals surface area contributed by atoms with Gasteiger partial charge in [-0.15, -0.1) is 0 Å². The highest BCUT2D eigenvalue weighted by Gasteiger charge is 2.16. The fourth-order valence-corrected chi connectivity index (χ4v) is 2.45. The molecule has 27 heavy (non-hydrogen) atoms. The normalized spacial score (nSPS) is 10.1. The van der Waals surface area contributed by atoms with Crippen LogP contribution in [0.5, 0.6) is 11.5 Å². The fraction of sp³-hybridized carbons (Fsp3) is 0.316. The summed E-state index contributed by atoms with van der Waals surface area (Å²) in [5, 5.41) is 5.40. The molecule has 0 fully saturated rings. The maximum atomic E-state index is 12.4. The lowest BCUT2D eigenvalue weighted by atomic mass is 10.1. The number of rotatable bonds is 6. The van der Waals surface area contributed by atoms with Gasteiger partial charge in [0.25, 0.3) is 0 Å². The van der Waals surface area contributed by atoms with E-state index in [4.69, 9.17) is 14.2 Å². The molecule has 0 radical (unpaired) electrons. The molecule has 0 unspecified atom stereocenters. The van der Waals surface area contributed by atoms with Crippen molar-refractivity contribution >= 4 is 23.4 Å². The highest BCUT2D eigenvalue weighted by atomic mass is 16.5. The molecule has 0 aliphatic carbocycles. The lowest BCUT2D eigenvalue weighted by molar-refractivity contribution is 0.0525. The number of urea groups is 1.